The van der Waals surface area contributed by atoms with Crippen molar-refractivity contribution in [2.75, 3.05) is 13.7 Å². The van der Waals surface area contributed by atoms with E-state index in [0.29, 0.717) is 12.0 Å². The van der Waals surface area contributed by atoms with Crippen LogP contribution in [-0.4, -0.2) is 25.3 Å². The van der Waals surface area contributed by atoms with Crippen molar-refractivity contribution in [3.63, 3.8) is 0 Å². The van der Waals surface area contributed by atoms with Crippen LogP contribution >= 0.6 is 0 Å². The molecule has 0 fully saturated rings. The van der Waals surface area contributed by atoms with Gasteiger partial charge in [-0.05, 0) is 57.6 Å². The highest BCUT2D eigenvalue weighted by atomic mass is 16.5. The van der Waals surface area contributed by atoms with E-state index >= 15 is 0 Å². The molecule has 0 heterocycles. The van der Waals surface area contributed by atoms with E-state index in [4.69, 9.17) is 4.74 Å². The molecule has 0 saturated heterocycles. The molecule has 21 heavy (non-hydrogen) atoms. The van der Waals surface area contributed by atoms with Gasteiger partial charge in [-0.2, -0.15) is 0 Å². The third kappa shape index (κ3) is 6.19. The summed E-state index contributed by atoms with van der Waals surface area (Å²) in [5.41, 5.74) is 1.41. The third-order valence-corrected chi connectivity index (χ3v) is 4.42. The zero-order valence-electron chi connectivity index (χ0n) is 14.5. The standard InChI is InChI=1S/C19H33NO/c1-6-15-20-18(13-14-19(3,4)21-5)17(7-2)16-11-9-8-10-12-16/h8-12,17-18,20H,6-7,13-15H2,1-5H3. The number of benzene rings is 1. The van der Waals surface area contributed by atoms with Gasteiger partial charge in [0, 0.05) is 13.2 Å². The van der Waals surface area contributed by atoms with Crippen LogP contribution in [0.1, 0.15) is 64.9 Å². The Balaban J connectivity index is 2.78. The summed E-state index contributed by atoms with van der Waals surface area (Å²) in [6, 6.07) is 11.4. The van der Waals surface area contributed by atoms with Crippen LogP contribution in [0.3, 0.4) is 0 Å². The summed E-state index contributed by atoms with van der Waals surface area (Å²) in [5.74, 6) is 0.574. The molecular formula is C19H33NO. The van der Waals surface area contributed by atoms with Gasteiger partial charge >= 0.3 is 0 Å². The zero-order valence-corrected chi connectivity index (χ0v) is 14.5. The average Bonchev–Trinajstić information content (AvgIpc) is 2.51. The summed E-state index contributed by atoms with van der Waals surface area (Å²) in [7, 11) is 1.81. The first kappa shape index (κ1) is 18.2. The molecule has 0 aromatic heterocycles. The Labute approximate surface area is 131 Å². The number of methoxy groups -OCH3 is 1. The highest BCUT2D eigenvalue weighted by molar-refractivity contribution is 5.21. The predicted molar refractivity (Wildman–Crippen MR) is 91.9 cm³/mol. The fourth-order valence-electron chi connectivity index (χ4n) is 2.83. The van der Waals surface area contributed by atoms with Crippen LogP contribution in [0.5, 0.6) is 0 Å². The quantitative estimate of drug-likeness (QED) is 0.671. The molecule has 0 amide bonds. The molecule has 1 N–H and O–H groups in total. The predicted octanol–water partition coefficient (Wildman–Crippen LogP) is 4.75. The number of hydrogen-bond donors (Lipinski definition) is 1. The highest BCUT2D eigenvalue weighted by Crippen LogP contribution is 2.28. The number of hydrogen-bond acceptors (Lipinski definition) is 2. The molecule has 2 unspecified atom stereocenters. The first-order valence-electron chi connectivity index (χ1n) is 8.37. The van der Waals surface area contributed by atoms with Gasteiger partial charge in [0.25, 0.3) is 0 Å². The number of ether oxygens (including phenoxy) is 1. The van der Waals surface area contributed by atoms with Gasteiger partial charge < -0.3 is 10.1 Å². The fraction of sp³-hybridized carbons (Fsp3) is 0.684. The van der Waals surface area contributed by atoms with E-state index in [1.54, 1.807) is 0 Å². The molecule has 120 valence electrons. The molecule has 2 heteroatoms. The second-order valence-corrected chi connectivity index (χ2v) is 6.49. The smallest absolute Gasteiger partial charge is 0.0623 e. The van der Waals surface area contributed by atoms with E-state index in [0.717, 1.165) is 19.4 Å². The first-order chi connectivity index (χ1) is 10.0. The molecule has 0 aliphatic carbocycles. The summed E-state index contributed by atoms with van der Waals surface area (Å²) < 4.78 is 5.58. The van der Waals surface area contributed by atoms with Crippen LogP contribution in [0.25, 0.3) is 0 Å². The second kappa shape index (κ2) is 9.22. The Morgan fingerprint density at radius 1 is 1.14 bits per heavy atom. The van der Waals surface area contributed by atoms with Crippen LogP contribution in [0.4, 0.5) is 0 Å². The molecule has 2 atom stereocenters. The van der Waals surface area contributed by atoms with E-state index in [2.05, 4.69) is 63.3 Å². The molecule has 1 rings (SSSR count). The van der Waals surface area contributed by atoms with Crippen molar-refractivity contribution in [3.8, 4) is 0 Å². The fourth-order valence-corrected chi connectivity index (χ4v) is 2.83. The maximum Gasteiger partial charge on any atom is 0.0623 e. The Hall–Kier alpha value is -0.860. The van der Waals surface area contributed by atoms with Crippen molar-refractivity contribution in [1.82, 2.24) is 5.32 Å². The summed E-state index contributed by atoms with van der Waals surface area (Å²) in [6.45, 7) is 9.95. The van der Waals surface area contributed by atoms with Gasteiger partial charge in [0.1, 0.15) is 0 Å². The van der Waals surface area contributed by atoms with Gasteiger partial charge in [0.05, 0.1) is 5.60 Å². The Morgan fingerprint density at radius 3 is 2.33 bits per heavy atom. The molecule has 0 aliphatic heterocycles. The van der Waals surface area contributed by atoms with Crippen molar-refractivity contribution >= 4 is 0 Å². The van der Waals surface area contributed by atoms with E-state index in [1.165, 1.54) is 18.4 Å². The van der Waals surface area contributed by atoms with Crippen molar-refractivity contribution in [1.29, 1.82) is 0 Å². The topological polar surface area (TPSA) is 21.3 Å². The van der Waals surface area contributed by atoms with E-state index in [1.807, 2.05) is 7.11 Å². The van der Waals surface area contributed by atoms with Gasteiger partial charge in [0.2, 0.25) is 0 Å². The lowest BCUT2D eigenvalue weighted by molar-refractivity contribution is 0.0110. The van der Waals surface area contributed by atoms with E-state index in [-0.39, 0.29) is 5.60 Å². The zero-order chi connectivity index (χ0) is 15.7. The Morgan fingerprint density at radius 2 is 1.81 bits per heavy atom. The van der Waals surface area contributed by atoms with Gasteiger partial charge in [0.15, 0.2) is 0 Å². The van der Waals surface area contributed by atoms with Crippen LogP contribution in [0.15, 0.2) is 30.3 Å². The molecule has 2 nitrogen and oxygen atoms in total. The molecular weight excluding hydrogens is 258 g/mol. The lowest BCUT2D eigenvalue weighted by Gasteiger charge is -2.31. The monoisotopic (exact) mass is 291 g/mol. The van der Waals surface area contributed by atoms with E-state index in [9.17, 15) is 0 Å². The minimum absolute atomic E-state index is 0.0406. The van der Waals surface area contributed by atoms with Gasteiger partial charge in [-0.25, -0.2) is 0 Å². The maximum absolute atomic E-state index is 5.58. The second-order valence-electron chi connectivity index (χ2n) is 6.49. The molecule has 0 saturated carbocycles. The largest absolute Gasteiger partial charge is 0.379 e. The summed E-state index contributed by atoms with van der Waals surface area (Å²) in [6.07, 6.45) is 4.57. The SMILES string of the molecule is CCCNC(CCC(C)(C)OC)C(CC)c1ccccc1. The Bertz CT molecular complexity index is 374. The molecule has 1 aromatic carbocycles. The lowest BCUT2D eigenvalue weighted by atomic mass is 9.84. The minimum atomic E-state index is -0.0406. The first-order valence-corrected chi connectivity index (χ1v) is 8.37. The third-order valence-electron chi connectivity index (χ3n) is 4.42. The highest BCUT2D eigenvalue weighted by Gasteiger charge is 2.24. The molecule has 0 spiro atoms. The molecule has 1 aromatic rings. The molecule has 0 aliphatic rings. The number of nitrogens with one attached hydrogen (secondary N) is 1. The average molecular weight is 291 g/mol. The summed E-state index contributed by atoms with van der Waals surface area (Å²) in [4.78, 5) is 0. The van der Waals surface area contributed by atoms with Crippen LogP contribution in [0.2, 0.25) is 0 Å². The molecule has 0 radical (unpaired) electrons. The summed E-state index contributed by atoms with van der Waals surface area (Å²) >= 11 is 0. The van der Waals surface area contributed by atoms with Crippen LogP contribution in [-0.2, 0) is 4.74 Å². The van der Waals surface area contributed by atoms with E-state index < -0.39 is 0 Å². The van der Waals surface area contributed by atoms with Gasteiger partial charge in [-0.3, -0.25) is 0 Å². The maximum atomic E-state index is 5.58. The molecule has 0 bridgehead atoms. The lowest BCUT2D eigenvalue weighted by Crippen LogP contribution is -2.37. The minimum Gasteiger partial charge on any atom is -0.379 e. The van der Waals surface area contributed by atoms with Gasteiger partial charge in [-0.1, -0.05) is 44.2 Å². The van der Waals surface area contributed by atoms with Crippen molar-refractivity contribution in [2.24, 2.45) is 0 Å². The van der Waals surface area contributed by atoms with Gasteiger partial charge in [-0.15, -0.1) is 0 Å². The summed E-state index contributed by atoms with van der Waals surface area (Å²) in [5, 5.41) is 3.76. The van der Waals surface area contributed by atoms with Crippen LogP contribution in [0, 0.1) is 0 Å². The van der Waals surface area contributed by atoms with Crippen molar-refractivity contribution in [2.45, 2.75) is 70.9 Å². The van der Waals surface area contributed by atoms with Crippen molar-refractivity contribution in [3.05, 3.63) is 35.9 Å². The Kier molecular flexibility index (Phi) is 7.98. The normalized spacial score (nSPS) is 14.9. The number of rotatable bonds is 10. The van der Waals surface area contributed by atoms with Crippen LogP contribution < -0.4 is 5.32 Å². The van der Waals surface area contributed by atoms with Crippen molar-refractivity contribution < 1.29 is 4.74 Å².